The second-order valence-electron chi connectivity index (χ2n) is 6.42. The standard InChI is InChI=1S/C19H19BrO5S/c20-15-5-9-17(10-6-15)25-16-7-3-14(4-8-16)19(13-18(21)22)11-1-2-12-26(19,23)24/h3-10H,1-2,11-13H2,(H,21,22). The maximum Gasteiger partial charge on any atom is 0.305 e. The molecule has 1 heterocycles. The van der Waals surface area contributed by atoms with Crippen LogP contribution >= 0.6 is 15.9 Å². The number of aliphatic carboxylic acids is 1. The van der Waals surface area contributed by atoms with E-state index >= 15 is 0 Å². The first-order chi connectivity index (χ1) is 12.3. The van der Waals surface area contributed by atoms with Gasteiger partial charge in [0, 0.05) is 4.47 Å². The van der Waals surface area contributed by atoms with E-state index in [9.17, 15) is 18.3 Å². The van der Waals surface area contributed by atoms with Crippen molar-refractivity contribution in [3.8, 4) is 11.5 Å². The van der Waals surface area contributed by atoms with Gasteiger partial charge in [0.05, 0.1) is 12.2 Å². The van der Waals surface area contributed by atoms with E-state index in [2.05, 4.69) is 15.9 Å². The summed E-state index contributed by atoms with van der Waals surface area (Å²) in [5.41, 5.74) is 0.516. The van der Waals surface area contributed by atoms with E-state index in [1.54, 1.807) is 24.3 Å². The van der Waals surface area contributed by atoms with Crippen LogP contribution in [0.15, 0.2) is 53.0 Å². The molecule has 0 spiro atoms. The molecule has 7 heteroatoms. The van der Waals surface area contributed by atoms with Gasteiger partial charge < -0.3 is 9.84 Å². The summed E-state index contributed by atoms with van der Waals surface area (Å²) in [6, 6.07) is 14.1. The number of hydrogen-bond donors (Lipinski definition) is 1. The Kier molecular flexibility index (Phi) is 5.39. The SMILES string of the molecule is O=C(O)CC1(c2ccc(Oc3ccc(Br)cc3)cc2)CCCCS1(=O)=O. The Morgan fingerprint density at radius 3 is 2.15 bits per heavy atom. The Bertz CT molecular complexity index is 891. The fraction of sp³-hybridized carbons (Fsp3) is 0.316. The molecule has 1 unspecified atom stereocenters. The van der Waals surface area contributed by atoms with Crippen molar-refractivity contribution in [2.24, 2.45) is 0 Å². The molecule has 0 saturated carbocycles. The number of halogens is 1. The third-order valence-electron chi connectivity index (χ3n) is 4.71. The number of carboxylic acids is 1. The van der Waals surface area contributed by atoms with Gasteiger partial charge in [-0.15, -0.1) is 0 Å². The topological polar surface area (TPSA) is 80.7 Å². The third kappa shape index (κ3) is 3.78. The van der Waals surface area contributed by atoms with Gasteiger partial charge in [-0.1, -0.05) is 34.5 Å². The van der Waals surface area contributed by atoms with Crippen molar-refractivity contribution >= 4 is 31.7 Å². The Labute approximate surface area is 161 Å². The second kappa shape index (κ2) is 7.40. The molecule has 1 saturated heterocycles. The Balaban J connectivity index is 1.91. The summed E-state index contributed by atoms with van der Waals surface area (Å²) in [6.45, 7) is 0. The maximum atomic E-state index is 12.7. The Morgan fingerprint density at radius 1 is 1.04 bits per heavy atom. The van der Waals surface area contributed by atoms with Crippen molar-refractivity contribution in [1.29, 1.82) is 0 Å². The van der Waals surface area contributed by atoms with E-state index < -0.39 is 27.0 Å². The molecule has 0 aliphatic carbocycles. The lowest BCUT2D eigenvalue weighted by Gasteiger charge is -2.36. The summed E-state index contributed by atoms with van der Waals surface area (Å²) < 4.78 is 30.8. The molecule has 5 nitrogen and oxygen atoms in total. The molecule has 1 aliphatic heterocycles. The molecule has 0 aromatic heterocycles. The lowest BCUT2D eigenvalue weighted by molar-refractivity contribution is -0.137. The van der Waals surface area contributed by atoms with Crippen molar-refractivity contribution in [2.45, 2.75) is 30.4 Å². The van der Waals surface area contributed by atoms with E-state index in [4.69, 9.17) is 4.74 Å². The molecule has 26 heavy (non-hydrogen) atoms. The predicted molar refractivity (Wildman–Crippen MR) is 102 cm³/mol. The predicted octanol–water partition coefficient (Wildman–Crippen LogP) is 4.51. The van der Waals surface area contributed by atoms with Gasteiger partial charge in [0.2, 0.25) is 0 Å². The van der Waals surface area contributed by atoms with Crippen LogP contribution in [0.2, 0.25) is 0 Å². The van der Waals surface area contributed by atoms with Crippen LogP contribution in [0.4, 0.5) is 0 Å². The highest BCUT2D eigenvalue weighted by molar-refractivity contribution is 9.10. The lowest BCUT2D eigenvalue weighted by atomic mass is 9.89. The van der Waals surface area contributed by atoms with Crippen molar-refractivity contribution < 1.29 is 23.1 Å². The number of carboxylic acid groups (broad SMARTS) is 1. The number of hydrogen-bond acceptors (Lipinski definition) is 4. The van der Waals surface area contributed by atoms with Gasteiger partial charge in [0.1, 0.15) is 16.2 Å². The average molecular weight is 439 g/mol. The number of sulfone groups is 1. The monoisotopic (exact) mass is 438 g/mol. The van der Waals surface area contributed by atoms with Crippen LogP contribution in [-0.4, -0.2) is 25.2 Å². The highest BCUT2D eigenvalue weighted by Crippen LogP contribution is 2.43. The zero-order valence-corrected chi connectivity index (χ0v) is 16.4. The van der Waals surface area contributed by atoms with Gasteiger partial charge in [-0.25, -0.2) is 8.42 Å². The largest absolute Gasteiger partial charge is 0.481 e. The van der Waals surface area contributed by atoms with Crippen LogP contribution in [-0.2, 0) is 19.4 Å². The van der Waals surface area contributed by atoms with Crippen LogP contribution < -0.4 is 4.74 Å². The zero-order valence-electron chi connectivity index (χ0n) is 14.0. The summed E-state index contributed by atoms with van der Waals surface area (Å²) in [6.07, 6.45) is 1.19. The third-order valence-corrected chi connectivity index (χ3v) is 7.84. The molecule has 2 aromatic rings. The van der Waals surface area contributed by atoms with Crippen LogP contribution in [0.1, 0.15) is 31.2 Å². The molecule has 138 valence electrons. The van der Waals surface area contributed by atoms with Gasteiger partial charge in [0.15, 0.2) is 9.84 Å². The van der Waals surface area contributed by atoms with E-state index in [-0.39, 0.29) is 5.75 Å². The van der Waals surface area contributed by atoms with Crippen molar-refractivity contribution in [1.82, 2.24) is 0 Å². The van der Waals surface area contributed by atoms with E-state index in [0.717, 1.165) is 4.47 Å². The molecule has 1 aliphatic rings. The quantitative estimate of drug-likeness (QED) is 0.742. The Morgan fingerprint density at radius 2 is 1.62 bits per heavy atom. The second-order valence-corrected chi connectivity index (χ2v) is 9.76. The van der Waals surface area contributed by atoms with E-state index in [0.29, 0.717) is 36.3 Å². The molecular weight excluding hydrogens is 420 g/mol. The van der Waals surface area contributed by atoms with Gasteiger partial charge in [0.25, 0.3) is 0 Å². The smallest absolute Gasteiger partial charge is 0.305 e. The first-order valence-electron chi connectivity index (χ1n) is 8.30. The van der Waals surface area contributed by atoms with Crippen LogP contribution in [0.25, 0.3) is 0 Å². The summed E-state index contributed by atoms with van der Waals surface area (Å²) >= 11 is 3.36. The minimum atomic E-state index is -3.54. The molecule has 1 fully saturated rings. The highest BCUT2D eigenvalue weighted by atomic mass is 79.9. The summed E-state index contributed by atoms with van der Waals surface area (Å²) in [5, 5.41) is 9.30. The zero-order chi connectivity index (χ0) is 18.8. The van der Waals surface area contributed by atoms with Crippen molar-refractivity contribution in [3.05, 3.63) is 58.6 Å². The van der Waals surface area contributed by atoms with Crippen LogP contribution in [0.3, 0.4) is 0 Å². The van der Waals surface area contributed by atoms with Crippen molar-refractivity contribution in [3.63, 3.8) is 0 Å². The normalized spacial score (nSPS) is 21.9. The molecule has 0 amide bonds. The molecule has 3 rings (SSSR count). The number of ether oxygens (including phenoxy) is 1. The van der Waals surface area contributed by atoms with Gasteiger partial charge in [-0.2, -0.15) is 0 Å². The molecular formula is C19H19BrO5S. The molecule has 0 radical (unpaired) electrons. The highest BCUT2D eigenvalue weighted by Gasteiger charge is 2.48. The summed E-state index contributed by atoms with van der Waals surface area (Å²) in [4.78, 5) is 11.4. The number of carbonyl (C=O) groups is 1. The van der Waals surface area contributed by atoms with E-state index in [1.165, 1.54) is 0 Å². The van der Waals surface area contributed by atoms with Crippen molar-refractivity contribution in [2.75, 3.05) is 5.75 Å². The lowest BCUT2D eigenvalue weighted by Crippen LogP contribution is -2.42. The minimum absolute atomic E-state index is 0.0252. The minimum Gasteiger partial charge on any atom is -0.481 e. The van der Waals surface area contributed by atoms with Gasteiger partial charge >= 0.3 is 5.97 Å². The number of rotatable bonds is 5. The van der Waals surface area contributed by atoms with Gasteiger partial charge in [-0.3, -0.25) is 4.79 Å². The first-order valence-corrected chi connectivity index (χ1v) is 10.7. The van der Waals surface area contributed by atoms with Crippen LogP contribution in [0.5, 0.6) is 11.5 Å². The summed E-state index contributed by atoms with van der Waals surface area (Å²) in [7, 11) is -3.54. The van der Waals surface area contributed by atoms with Gasteiger partial charge in [-0.05, 0) is 54.8 Å². The molecule has 1 N–H and O–H groups in total. The van der Waals surface area contributed by atoms with E-state index in [1.807, 2.05) is 24.3 Å². The molecule has 0 bridgehead atoms. The molecule has 1 atom stereocenters. The fourth-order valence-corrected chi connectivity index (χ4v) is 5.92. The summed E-state index contributed by atoms with van der Waals surface area (Å²) in [5.74, 6) is 0.143. The Hall–Kier alpha value is -1.86. The number of benzene rings is 2. The maximum absolute atomic E-state index is 12.7. The fourth-order valence-electron chi connectivity index (χ4n) is 3.39. The average Bonchev–Trinajstić information content (AvgIpc) is 2.59. The molecule has 2 aromatic carbocycles. The van der Waals surface area contributed by atoms with Crippen LogP contribution in [0, 0.1) is 0 Å². The first kappa shape index (κ1) is 18.9.